The van der Waals surface area contributed by atoms with Crippen LogP contribution in [0.4, 0.5) is 0 Å². The van der Waals surface area contributed by atoms with Crippen LogP contribution in [0.25, 0.3) is 0 Å². The van der Waals surface area contributed by atoms with E-state index in [0.717, 1.165) is 25.7 Å². The van der Waals surface area contributed by atoms with Crippen LogP contribution in [0.3, 0.4) is 0 Å². The van der Waals surface area contributed by atoms with Gasteiger partial charge in [-0.1, -0.05) is 38.1 Å². The Balaban J connectivity index is 1.90. The molecule has 1 unspecified atom stereocenters. The number of rotatable bonds is 6. The minimum atomic E-state index is 0.635. The van der Waals surface area contributed by atoms with Crippen molar-refractivity contribution in [3.05, 3.63) is 35.4 Å². The highest BCUT2D eigenvalue weighted by Crippen LogP contribution is 2.18. The van der Waals surface area contributed by atoms with Gasteiger partial charge in [-0.2, -0.15) is 0 Å². The Bertz CT molecular complexity index is 387. The molecule has 1 atom stereocenters. The molecule has 19 heavy (non-hydrogen) atoms. The summed E-state index contributed by atoms with van der Waals surface area (Å²) in [7, 11) is 0. The summed E-state index contributed by atoms with van der Waals surface area (Å²) in [5.74, 6) is 0. The van der Waals surface area contributed by atoms with Gasteiger partial charge in [-0.05, 0) is 30.6 Å². The minimum absolute atomic E-state index is 0.635. The summed E-state index contributed by atoms with van der Waals surface area (Å²) in [4.78, 5) is 5.15. The lowest BCUT2D eigenvalue weighted by molar-refractivity contribution is 0.209. The van der Waals surface area contributed by atoms with Gasteiger partial charge in [-0.15, -0.1) is 0 Å². The van der Waals surface area contributed by atoms with Crippen molar-refractivity contribution >= 4 is 0 Å². The van der Waals surface area contributed by atoms with Crippen molar-refractivity contribution in [3.63, 3.8) is 0 Å². The number of nitrogens with zero attached hydrogens (tertiary/aromatic N) is 2. The second-order valence-corrected chi connectivity index (χ2v) is 5.42. The topological polar surface area (TPSA) is 32.5 Å². The highest BCUT2D eigenvalue weighted by molar-refractivity contribution is 5.23. The van der Waals surface area contributed by atoms with Crippen LogP contribution in [0.2, 0.25) is 0 Å². The molecule has 106 valence electrons. The van der Waals surface area contributed by atoms with E-state index in [1.54, 1.807) is 0 Å². The smallest absolute Gasteiger partial charge is 0.0235 e. The van der Waals surface area contributed by atoms with Crippen molar-refractivity contribution in [2.45, 2.75) is 39.4 Å². The first-order valence-corrected chi connectivity index (χ1v) is 7.51. The van der Waals surface area contributed by atoms with Gasteiger partial charge in [0, 0.05) is 32.2 Å². The first-order chi connectivity index (χ1) is 9.26. The van der Waals surface area contributed by atoms with Crippen LogP contribution in [0.1, 0.15) is 31.4 Å². The summed E-state index contributed by atoms with van der Waals surface area (Å²) in [5, 5.41) is 0. The van der Waals surface area contributed by atoms with E-state index < -0.39 is 0 Å². The quantitative estimate of drug-likeness (QED) is 0.851. The van der Waals surface area contributed by atoms with Gasteiger partial charge in [0.15, 0.2) is 0 Å². The lowest BCUT2D eigenvalue weighted by Gasteiger charge is -2.26. The van der Waals surface area contributed by atoms with Crippen molar-refractivity contribution in [2.24, 2.45) is 5.73 Å². The molecule has 1 aromatic rings. The van der Waals surface area contributed by atoms with Gasteiger partial charge in [-0.3, -0.25) is 9.80 Å². The zero-order valence-corrected chi connectivity index (χ0v) is 12.3. The molecular formula is C16H27N3. The summed E-state index contributed by atoms with van der Waals surface area (Å²) < 4.78 is 0. The molecule has 3 heteroatoms. The second kappa shape index (κ2) is 7.04. The Kier molecular flexibility index (Phi) is 5.37. The average Bonchev–Trinajstić information content (AvgIpc) is 2.89. The molecule has 2 N–H and O–H groups in total. The first-order valence-electron chi connectivity index (χ1n) is 7.51. The van der Waals surface area contributed by atoms with Crippen LogP contribution < -0.4 is 5.73 Å². The molecule has 1 aromatic carbocycles. The third kappa shape index (κ3) is 3.78. The van der Waals surface area contributed by atoms with Crippen molar-refractivity contribution in [1.29, 1.82) is 0 Å². The molecule has 1 saturated heterocycles. The highest BCUT2D eigenvalue weighted by atomic mass is 15.2. The van der Waals surface area contributed by atoms with E-state index in [2.05, 4.69) is 47.9 Å². The molecule has 0 amide bonds. The van der Waals surface area contributed by atoms with Crippen molar-refractivity contribution < 1.29 is 0 Å². The van der Waals surface area contributed by atoms with Gasteiger partial charge in [0.25, 0.3) is 0 Å². The molecule has 0 aromatic heterocycles. The molecular weight excluding hydrogens is 234 g/mol. The maximum Gasteiger partial charge on any atom is 0.0235 e. The van der Waals surface area contributed by atoms with Crippen LogP contribution in [-0.2, 0) is 13.1 Å². The average molecular weight is 261 g/mol. The van der Waals surface area contributed by atoms with Gasteiger partial charge in [0.1, 0.15) is 0 Å². The van der Waals surface area contributed by atoms with E-state index in [1.165, 1.54) is 30.6 Å². The highest BCUT2D eigenvalue weighted by Gasteiger charge is 2.25. The standard InChI is InChI=1S/C16H27N3/c1-3-19(4-2)16-8-9-18(13-16)12-15-7-5-6-14(10-15)11-17/h5-7,10,16H,3-4,8-9,11-13,17H2,1-2H3. The molecule has 1 aliphatic heterocycles. The lowest BCUT2D eigenvalue weighted by atomic mass is 10.1. The van der Waals surface area contributed by atoms with Gasteiger partial charge < -0.3 is 5.73 Å². The number of likely N-dealkylation sites (tertiary alicyclic amines) is 1. The van der Waals surface area contributed by atoms with Crippen molar-refractivity contribution in [2.75, 3.05) is 26.2 Å². The molecule has 0 saturated carbocycles. The van der Waals surface area contributed by atoms with E-state index in [-0.39, 0.29) is 0 Å². The third-order valence-corrected chi connectivity index (χ3v) is 4.21. The molecule has 0 bridgehead atoms. The van der Waals surface area contributed by atoms with Crippen LogP contribution in [0, 0.1) is 0 Å². The Morgan fingerprint density at radius 2 is 2.00 bits per heavy atom. The maximum absolute atomic E-state index is 5.70. The number of nitrogens with two attached hydrogens (primary N) is 1. The number of benzene rings is 1. The Hall–Kier alpha value is -0.900. The fourth-order valence-corrected chi connectivity index (χ4v) is 3.11. The number of likely N-dealkylation sites (N-methyl/N-ethyl adjacent to an activating group) is 1. The first kappa shape index (κ1) is 14.5. The van der Waals surface area contributed by atoms with Gasteiger partial charge >= 0.3 is 0 Å². The normalized spacial score (nSPS) is 20.3. The minimum Gasteiger partial charge on any atom is -0.326 e. The summed E-state index contributed by atoms with van der Waals surface area (Å²) in [6, 6.07) is 9.42. The van der Waals surface area contributed by atoms with Gasteiger partial charge in [0.05, 0.1) is 0 Å². The molecule has 0 radical (unpaired) electrons. The number of hydrogen-bond donors (Lipinski definition) is 1. The summed E-state index contributed by atoms with van der Waals surface area (Å²) in [6.45, 7) is 11.0. The summed E-state index contributed by atoms with van der Waals surface area (Å²) >= 11 is 0. The molecule has 1 fully saturated rings. The third-order valence-electron chi connectivity index (χ3n) is 4.21. The van der Waals surface area contributed by atoms with Crippen molar-refractivity contribution in [3.8, 4) is 0 Å². The molecule has 0 spiro atoms. The zero-order valence-electron chi connectivity index (χ0n) is 12.3. The predicted molar refractivity (Wildman–Crippen MR) is 80.9 cm³/mol. The SMILES string of the molecule is CCN(CC)C1CCN(Cc2cccc(CN)c2)C1. The van der Waals surface area contributed by atoms with E-state index in [4.69, 9.17) is 5.73 Å². The number of hydrogen-bond acceptors (Lipinski definition) is 3. The van der Waals surface area contributed by atoms with Crippen LogP contribution in [0.15, 0.2) is 24.3 Å². The van der Waals surface area contributed by atoms with E-state index >= 15 is 0 Å². The van der Waals surface area contributed by atoms with Crippen LogP contribution in [-0.4, -0.2) is 42.0 Å². The van der Waals surface area contributed by atoms with Crippen LogP contribution >= 0.6 is 0 Å². The van der Waals surface area contributed by atoms with E-state index in [9.17, 15) is 0 Å². The predicted octanol–water partition coefficient (Wildman–Crippen LogP) is 2.06. The Morgan fingerprint density at radius 3 is 2.68 bits per heavy atom. The van der Waals surface area contributed by atoms with E-state index in [0.29, 0.717) is 6.54 Å². The van der Waals surface area contributed by atoms with Crippen molar-refractivity contribution in [1.82, 2.24) is 9.80 Å². The van der Waals surface area contributed by atoms with Gasteiger partial charge in [0.2, 0.25) is 0 Å². The van der Waals surface area contributed by atoms with Gasteiger partial charge in [-0.25, -0.2) is 0 Å². The molecule has 2 rings (SSSR count). The summed E-state index contributed by atoms with van der Waals surface area (Å²) in [6.07, 6.45) is 1.30. The molecule has 3 nitrogen and oxygen atoms in total. The Morgan fingerprint density at radius 1 is 1.26 bits per heavy atom. The van der Waals surface area contributed by atoms with Crippen LogP contribution in [0.5, 0.6) is 0 Å². The monoisotopic (exact) mass is 261 g/mol. The summed E-state index contributed by atoms with van der Waals surface area (Å²) in [5.41, 5.74) is 8.33. The van der Waals surface area contributed by atoms with E-state index in [1.807, 2.05) is 0 Å². The fraction of sp³-hybridized carbons (Fsp3) is 0.625. The maximum atomic E-state index is 5.70. The largest absolute Gasteiger partial charge is 0.326 e. The molecule has 1 aliphatic rings. The second-order valence-electron chi connectivity index (χ2n) is 5.42. The fourth-order valence-electron chi connectivity index (χ4n) is 3.11. The molecule has 1 heterocycles. The lowest BCUT2D eigenvalue weighted by Crippen LogP contribution is -2.37. The zero-order chi connectivity index (χ0) is 13.7. The Labute approximate surface area is 117 Å². The molecule has 0 aliphatic carbocycles.